The highest BCUT2D eigenvalue weighted by atomic mass is 19.4. The molecule has 0 aromatic carbocycles. The molecule has 28 heavy (non-hydrogen) atoms. The van der Waals surface area contributed by atoms with E-state index in [2.05, 4.69) is 20.6 Å². The van der Waals surface area contributed by atoms with Crippen molar-refractivity contribution >= 4 is 11.7 Å². The first-order chi connectivity index (χ1) is 13.2. The summed E-state index contributed by atoms with van der Waals surface area (Å²) in [5, 5.41) is 26.0. The zero-order valence-electron chi connectivity index (χ0n) is 14.8. The number of amides is 1. The molecule has 1 aliphatic heterocycles. The normalized spacial score (nSPS) is 36.8. The third kappa shape index (κ3) is 3.42. The van der Waals surface area contributed by atoms with E-state index in [1.54, 1.807) is 0 Å². The van der Waals surface area contributed by atoms with Crippen molar-refractivity contribution in [3.8, 4) is 0 Å². The Labute approximate surface area is 158 Å². The number of aliphatic hydroxyl groups excluding tert-OH is 2. The van der Waals surface area contributed by atoms with Gasteiger partial charge < -0.3 is 25.6 Å². The molecule has 154 valence electrons. The Hall–Kier alpha value is -1.98. The minimum Gasteiger partial charge on any atom is -0.388 e. The van der Waals surface area contributed by atoms with Gasteiger partial charge in [-0.2, -0.15) is 13.2 Å². The second-order valence-corrected chi connectivity index (χ2v) is 7.86. The lowest BCUT2D eigenvalue weighted by molar-refractivity contribution is -0.168. The fraction of sp³-hybridized carbons (Fsp3) is 0.706. The molecule has 3 saturated carbocycles. The van der Waals surface area contributed by atoms with Gasteiger partial charge in [-0.1, -0.05) is 0 Å². The summed E-state index contributed by atoms with van der Waals surface area (Å²) in [7, 11) is 0. The highest BCUT2D eigenvalue weighted by Crippen LogP contribution is 2.64. The minimum atomic E-state index is -4.64. The van der Waals surface area contributed by atoms with Gasteiger partial charge in [0.2, 0.25) is 5.91 Å². The Morgan fingerprint density at radius 1 is 1.25 bits per heavy atom. The molecule has 5 rings (SSSR count). The zero-order valence-corrected chi connectivity index (χ0v) is 14.8. The average molecular weight is 402 g/mol. The van der Waals surface area contributed by atoms with E-state index in [1.807, 2.05) is 0 Å². The number of aromatic nitrogens is 2. The molecule has 0 spiro atoms. The fourth-order valence-corrected chi connectivity index (χ4v) is 4.09. The molecule has 4 N–H and O–H groups in total. The molecule has 11 heteroatoms. The summed E-state index contributed by atoms with van der Waals surface area (Å²) in [5.74, 6) is 0.416. The number of alkyl halides is 3. The van der Waals surface area contributed by atoms with E-state index in [4.69, 9.17) is 4.74 Å². The van der Waals surface area contributed by atoms with E-state index in [1.165, 1.54) is 0 Å². The number of hydrogen-bond donors (Lipinski definition) is 4. The third-order valence-corrected chi connectivity index (χ3v) is 5.87. The monoisotopic (exact) mass is 402 g/mol. The Kier molecular flexibility index (Phi) is 4.71. The van der Waals surface area contributed by atoms with Gasteiger partial charge in [0.25, 0.3) is 0 Å². The first-order valence-corrected chi connectivity index (χ1v) is 9.10. The first kappa shape index (κ1) is 19.3. The highest BCUT2D eigenvalue weighted by Gasteiger charge is 2.61. The van der Waals surface area contributed by atoms with Gasteiger partial charge in [0.1, 0.15) is 24.1 Å². The Balaban J connectivity index is 1.31. The Morgan fingerprint density at radius 3 is 2.57 bits per heavy atom. The number of nitrogens with one attached hydrogen (secondary N) is 2. The van der Waals surface area contributed by atoms with Crippen LogP contribution in [0.3, 0.4) is 0 Å². The second-order valence-electron chi connectivity index (χ2n) is 7.86. The number of hydrogen-bond acceptors (Lipinski definition) is 7. The summed E-state index contributed by atoms with van der Waals surface area (Å²) in [6, 6.07) is -0.877. The number of nitrogens with zero attached hydrogens (tertiary/aromatic N) is 2. The number of aliphatic hydroxyl groups is 2. The smallest absolute Gasteiger partial charge is 0.388 e. The van der Waals surface area contributed by atoms with Gasteiger partial charge in [0, 0.05) is 12.0 Å². The standard InChI is InChI=1S/C17H21F3N4O4/c18-17(19,20)11-5-21-6-12(24-11)23-9-7-28-10(14(26)13(9)25)4-22-15(27)16-1-8(2-16)3-16/h5-6,8-10,13-14,25-26H,1-4,7H2,(H,22,27)(H,23,24)/t8?,9-,10+,13+,14-,16?/m0/s1. The van der Waals surface area contributed by atoms with Crippen molar-refractivity contribution in [3.63, 3.8) is 0 Å². The fourth-order valence-electron chi connectivity index (χ4n) is 4.09. The quantitative estimate of drug-likeness (QED) is 0.560. The van der Waals surface area contributed by atoms with E-state index < -0.39 is 36.2 Å². The highest BCUT2D eigenvalue weighted by molar-refractivity contribution is 5.85. The van der Waals surface area contributed by atoms with E-state index >= 15 is 0 Å². The number of halogens is 3. The molecule has 1 aromatic rings. The molecule has 0 unspecified atom stereocenters. The van der Waals surface area contributed by atoms with E-state index in [0.29, 0.717) is 12.1 Å². The van der Waals surface area contributed by atoms with Crippen LogP contribution < -0.4 is 10.6 Å². The topological polar surface area (TPSA) is 117 Å². The van der Waals surface area contributed by atoms with Crippen LogP contribution in [0.25, 0.3) is 0 Å². The summed E-state index contributed by atoms with van der Waals surface area (Å²) < 4.78 is 43.7. The number of carbonyl (C=O) groups is 1. The van der Waals surface area contributed by atoms with Crippen molar-refractivity contribution in [3.05, 3.63) is 18.1 Å². The maximum Gasteiger partial charge on any atom is 0.434 e. The molecule has 4 fully saturated rings. The van der Waals surface area contributed by atoms with Crippen LogP contribution in [-0.4, -0.2) is 63.6 Å². The van der Waals surface area contributed by atoms with Crippen LogP contribution in [0.2, 0.25) is 0 Å². The lowest BCUT2D eigenvalue weighted by Gasteiger charge is -2.60. The second kappa shape index (κ2) is 6.82. The van der Waals surface area contributed by atoms with Crippen LogP contribution in [0.5, 0.6) is 0 Å². The van der Waals surface area contributed by atoms with Crippen molar-refractivity contribution in [1.82, 2.24) is 15.3 Å². The Bertz CT molecular complexity index is 745. The maximum atomic E-state index is 12.7. The lowest BCUT2D eigenvalue weighted by Crippen LogP contribution is -2.63. The first-order valence-electron chi connectivity index (χ1n) is 9.10. The Morgan fingerprint density at radius 2 is 1.96 bits per heavy atom. The molecule has 8 nitrogen and oxygen atoms in total. The maximum absolute atomic E-state index is 12.7. The van der Waals surface area contributed by atoms with Crippen molar-refractivity contribution in [1.29, 1.82) is 0 Å². The van der Waals surface area contributed by atoms with Crippen molar-refractivity contribution in [2.75, 3.05) is 18.5 Å². The molecule has 3 aliphatic carbocycles. The summed E-state index contributed by atoms with van der Waals surface area (Å²) in [4.78, 5) is 19.1. The van der Waals surface area contributed by atoms with E-state index in [0.717, 1.165) is 25.5 Å². The minimum absolute atomic E-state index is 0.0551. The van der Waals surface area contributed by atoms with Gasteiger partial charge >= 0.3 is 6.18 Å². The van der Waals surface area contributed by atoms with Gasteiger partial charge in [-0.15, -0.1) is 0 Å². The molecule has 2 heterocycles. The van der Waals surface area contributed by atoms with Crippen LogP contribution in [0.15, 0.2) is 12.4 Å². The summed E-state index contributed by atoms with van der Waals surface area (Å²) in [5.41, 5.74) is -1.42. The summed E-state index contributed by atoms with van der Waals surface area (Å²) in [6.07, 6.45) is -3.70. The molecule has 4 aliphatic rings. The number of anilines is 1. The van der Waals surface area contributed by atoms with Crippen LogP contribution in [0.1, 0.15) is 25.0 Å². The van der Waals surface area contributed by atoms with Crippen molar-refractivity contribution in [2.24, 2.45) is 11.3 Å². The number of carbonyl (C=O) groups excluding carboxylic acids is 1. The molecule has 1 saturated heterocycles. The van der Waals surface area contributed by atoms with Crippen molar-refractivity contribution in [2.45, 2.75) is 49.8 Å². The zero-order chi connectivity index (χ0) is 20.1. The molecule has 1 aromatic heterocycles. The average Bonchev–Trinajstić information content (AvgIpc) is 2.55. The van der Waals surface area contributed by atoms with E-state index in [9.17, 15) is 28.2 Å². The predicted octanol–water partition coefficient (Wildman–Crippen LogP) is 0.313. The largest absolute Gasteiger partial charge is 0.434 e. The predicted molar refractivity (Wildman–Crippen MR) is 89.0 cm³/mol. The SMILES string of the molecule is O=C(NC[C@H]1OC[C@H](Nc2cncc(C(F)(F)F)n2)[C@@H](O)[C@H]1O)C12CC(C1)C2. The summed E-state index contributed by atoms with van der Waals surface area (Å²) >= 11 is 0. The molecular formula is C17H21F3N4O4. The molecule has 1 amide bonds. The van der Waals surface area contributed by atoms with Gasteiger partial charge in [-0.25, -0.2) is 4.98 Å². The van der Waals surface area contributed by atoms with Gasteiger partial charge in [-0.05, 0) is 25.2 Å². The van der Waals surface area contributed by atoms with Gasteiger partial charge in [-0.3, -0.25) is 9.78 Å². The van der Waals surface area contributed by atoms with Crippen molar-refractivity contribution < 1.29 is 32.9 Å². The van der Waals surface area contributed by atoms with E-state index in [-0.39, 0.29) is 30.3 Å². The molecular weight excluding hydrogens is 381 g/mol. The van der Waals surface area contributed by atoms with Gasteiger partial charge in [0.15, 0.2) is 5.69 Å². The number of rotatable bonds is 5. The molecule has 4 atom stereocenters. The molecule has 2 bridgehead atoms. The van der Waals surface area contributed by atoms with Crippen LogP contribution in [-0.2, 0) is 15.7 Å². The van der Waals surface area contributed by atoms with Gasteiger partial charge in [0.05, 0.1) is 25.0 Å². The van der Waals surface area contributed by atoms with Crippen LogP contribution in [0, 0.1) is 11.3 Å². The van der Waals surface area contributed by atoms with Crippen LogP contribution in [0.4, 0.5) is 19.0 Å². The van der Waals surface area contributed by atoms with Crippen LogP contribution >= 0.6 is 0 Å². The third-order valence-electron chi connectivity index (χ3n) is 5.87. The molecule has 0 radical (unpaired) electrons. The summed E-state index contributed by atoms with van der Waals surface area (Å²) in [6.45, 7) is -0.0243. The lowest BCUT2D eigenvalue weighted by atomic mass is 9.44. The number of ether oxygens (including phenoxy) is 1.